The van der Waals surface area contributed by atoms with Crippen molar-refractivity contribution in [2.75, 3.05) is 7.11 Å². The summed E-state index contributed by atoms with van der Waals surface area (Å²) >= 11 is 3.42. The van der Waals surface area contributed by atoms with Crippen molar-refractivity contribution in [3.05, 3.63) is 63.6 Å². The average Bonchev–Trinajstić information content (AvgIpc) is 2.41. The first kappa shape index (κ1) is 14.8. The first-order chi connectivity index (χ1) is 9.58. The molecule has 3 heteroatoms. The summed E-state index contributed by atoms with van der Waals surface area (Å²) in [4.78, 5) is 12.2. The maximum atomic E-state index is 12.2. The molecule has 0 amide bonds. The third-order valence-corrected chi connectivity index (χ3v) is 3.65. The van der Waals surface area contributed by atoms with Gasteiger partial charge in [-0.3, -0.25) is 4.79 Å². The SMILES string of the molecule is COc1ccc(Br)cc1CC(=O)Cc1ccc(C)cc1. The van der Waals surface area contributed by atoms with Crippen LogP contribution in [0.4, 0.5) is 0 Å². The Morgan fingerprint density at radius 1 is 1.10 bits per heavy atom. The van der Waals surface area contributed by atoms with E-state index in [2.05, 4.69) is 15.9 Å². The van der Waals surface area contributed by atoms with Crippen molar-refractivity contribution in [1.82, 2.24) is 0 Å². The van der Waals surface area contributed by atoms with E-state index < -0.39 is 0 Å². The molecule has 2 nitrogen and oxygen atoms in total. The second-order valence-corrected chi connectivity index (χ2v) is 5.75. The fourth-order valence-electron chi connectivity index (χ4n) is 2.09. The molecule has 2 aromatic carbocycles. The second-order valence-electron chi connectivity index (χ2n) is 4.83. The molecule has 0 heterocycles. The number of hydrogen-bond donors (Lipinski definition) is 0. The van der Waals surface area contributed by atoms with Gasteiger partial charge in [-0.2, -0.15) is 0 Å². The van der Waals surface area contributed by atoms with Crippen LogP contribution in [0.3, 0.4) is 0 Å². The molecular weight excluding hydrogens is 316 g/mol. The molecule has 0 radical (unpaired) electrons. The molecule has 0 aliphatic heterocycles. The van der Waals surface area contributed by atoms with Crippen LogP contribution >= 0.6 is 15.9 Å². The van der Waals surface area contributed by atoms with Crippen LogP contribution in [0, 0.1) is 6.92 Å². The zero-order valence-corrected chi connectivity index (χ0v) is 13.2. The number of rotatable bonds is 5. The number of carbonyl (C=O) groups excluding carboxylic acids is 1. The molecule has 2 rings (SSSR count). The molecule has 104 valence electrons. The standard InChI is InChI=1S/C17H17BrO2/c1-12-3-5-13(6-4-12)9-16(19)11-14-10-15(18)7-8-17(14)20-2/h3-8,10H,9,11H2,1-2H3. The van der Waals surface area contributed by atoms with E-state index in [1.165, 1.54) is 5.56 Å². The molecule has 0 aliphatic rings. The summed E-state index contributed by atoms with van der Waals surface area (Å²) in [7, 11) is 1.62. The predicted octanol–water partition coefficient (Wildman–Crippen LogP) is 4.12. The van der Waals surface area contributed by atoms with E-state index in [1.54, 1.807) is 7.11 Å². The summed E-state index contributed by atoms with van der Waals surface area (Å²) in [5.74, 6) is 0.940. The lowest BCUT2D eigenvalue weighted by Gasteiger charge is -2.08. The number of ether oxygens (including phenoxy) is 1. The molecule has 0 fully saturated rings. The number of carbonyl (C=O) groups is 1. The minimum Gasteiger partial charge on any atom is -0.496 e. The zero-order valence-electron chi connectivity index (χ0n) is 11.7. The summed E-state index contributed by atoms with van der Waals surface area (Å²) < 4.78 is 6.25. The summed E-state index contributed by atoms with van der Waals surface area (Å²) in [6.07, 6.45) is 0.840. The topological polar surface area (TPSA) is 26.3 Å². The fraction of sp³-hybridized carbons (Fsp3) is 0.235. The molecule has 0 saturated heterocycles. The van der Waals surface area contributed by atoms with E-state index >= 15 is 0 Å². The van der Waals surface area contributed by atoms with Crippen LogP contribution in [0.2, 0.25) is 0 Å². The zero-order chi connectivity index (χ0) is 14.5. The number of methoxy groups -OCH3 is 1. The molecule has 0 bridgehead atoms. The van der Waals surface area contributed by atoms with Gasteiger partial charge in [-0.1, -0.05) is 45.8 Å². The summed E-state index contributed by atoms with van der Waals surface area (Å²) in [6, 6.07) is 13.8. The van der Waals surface area contributed by atoms with Gasteiger partial charge in [-0.15, -0.1) is 0 Å². The van der Waals surface area contributed by atoms with Gasteiger partial charge in [-0.25, -0.2) is 0 Å². The van der Waals surface area contributed by atoms with Gasteiger partial charge >= 0.3 is 0 Å². The molecule has 0 N–H and O–H groups in total. The van der Waals surface area contributed by atoms with Crippen molar-refractivity contribution >= 4 is 21.7 Å². The summed E-state index contributed by atoms with van der Waals surface area (Å²) in [5.41, 5.74) is 3.17. The highest BCUT2D eigenvalue weighted by molar-refractivity contribution is 9.10. The summed E-state index contributed by atoms with van der Waals surface area (Å²) in [5, 5.41) is 0. The van der Waals surface area contributed by atoms with Gasteiger partial charge < -0.3 is 4.74 Å². The third-order valence-electron chi connectivity index (χ3n) is 3.15. The lowest BCUT2D eigenvalue weighted by molar-refractivity contribution is -0.117. The normalized spacial score (nSPS) is 10.3. The Morgan fingerprint density at radius 2 is 1.80 bits per heavy atom. The van der Waals surface area contributed by atoms with E-state index in [9.17, 15) is 4.79 Å². The molecule has 0 aromatic heterocycles. The Morgan fingerprint density at radius 3 is 2.45 bits per heavy atom. The van der Waals surface area contributed by atoms with Crippen LogP contribution in [0.1, 0.15) is 16.7 Å². The number of halogens is 1. The van der Waals surface area contributed by atoms with Gasteiger partial charge in [0.1, 0.15) is 11.5 Å². The number of Topliss-reactive ketones (excluding diaryl/α,β-unsaturated/α-hetero) is 1. The largest absolute Gasteiger partial charge is 0.496 e. The monoisotopic (exact) mass is 332 g/mol. The minimum absolute atomic E-state index is 0.185. The van der Waals surface area contributed by atoms with Crippen LogP contribution in [0.25, 0.3) is 0 Å². The molecule has 0 atom stereocenters. The molecule has 0 unspecified atom stereocenters. The number of benzene rings is 2. The Balaban J connectivity index is 2.08. The van der Waals surface area contributed by atoms with Crippen molar-refractivity contribution in [1.29, 1.82) is 0 Å². The minimum atomic E-state index is 0.185. The van der Waals surface area contributed by atoms with Crippen LogP contribution in [0.15, 0.2) is 46.9 Å². The highest BCUT2D eigenvalue weighted by Gasteiger charge is 2.10. The summed E-state index contributed by atoms with van der Waals surface area (Å²) in [6.45, 7) is 2.04. The molecular formula is C17H17BrO2. The Bertz CT molecular complexity index is 603. The van der Waals surface area contributed by atoms with E-state index in [1.807, 2.05) is 49.4 Å². The van der Waals surface area contributed by atoms with Crippen molar-refractivity contribution in [3.8, 4) is 5.75 Å². The van der Waals surface area contributed by atoms with Crippen LogP contribution in [-0.4, -0.2) is 12.9 Å². The van der Waals surface area contributed by atoms with Crippen molar-refractivity contribution < 1.29 is 9.53 Å². The molecule has 2 aromatic rings. The lowest BCUT2D eigenvalue weighted by Crippen LogP contribution is -2.07. The highest BCUT2D eigenvalue weighted by Crippen LogP contribution is 2.24. The van der Waals surface area contributed by atoms with E-state index in [0.29, 0.717) is 12.8 Å². The third kappa shape index (κ3) is 3.94. The first-order valence-electron chi connectivity index (χ1n) is 6.48. The maximum absolute atomic E-state index is 12.2. The van der Waals surface area contributed by atoms with E-state index in [-0.39, 0.29) is 5.78 Å². The van der Waals surface area contributed by atoms with E-state index in [4.69, 9.17) is 4.74 Å². The molecule has 0 saturated carbocycles. The first-order valence-corrected chi connectivity index (χ1v) is 7.27. The maximum Gasteiger partial charge on any atom is 0.141 e. The highest BCUT2D eigenvalue weighted by atomic mass is 79.9. The van der Waals surface area contributed by atoms with Gasteiger partial charge in [-0.05, 0) is 30.7 Å². The lowest BCUT2D eigenvalue weighted by atomic mass is 10.0. The smallest absolute Gasteiger partial charge is 0.141 e. The van der Waals surface area contributed by atoms with Crippen molar-refractivity contribution in [3.63, 3.8) is 0 Å². The molecule has 20 heavy (non-hydrogen) atoms. The molecule has 0 aliphatic carbocycles. The van der Waals surface area contributed by atoms with Gasteiger partial charge in [0.25, 0.3) is 0 Å². The number of aryl methyl sites for hydroxylation is 1. The fourth-order valence-corrected chi connectivity index (χ4v) is 2.50. The average molecular weight is 333 g/mol. The molecule has 0 spiro atoms. The van der Waals surface area contributed by atoms with Crippen LogP contribution in [0.5, 0.6) is 5.75 Å². The Labute approximate surface area is 127 Å². The van der Waals surface area contributed by atoms with Gasteiger partial charge in [0.2, 0.25) is 0 Å². The van der Waals surface area contributed by atoms with Crippen molar-refractivity contribution in [2.24, 2.45) is 0 Å². The predicted molar refractivity (Wildman–Crippen MR) is 84.3 cm³/mol. The number of ketones is 1. The quantitative estimate of drug-likeness (QED) is 0.823. The Kier molecular flexibility index (Phi) is 4.96. The Hall–Kier alpha value is -1.61. The van der Waals surface area contributed by atoms with Crippen LogP contribution in [-0.2, 0) is 17.6 Å². The van der Waals surface area contributed by atoms with Gasteiger partial charge in [0.05, 0.1) is 7.11 Å². The van der Waals surface area contributed by atoms with Gasteiger partial charge in [0.15, 0.2) is 0 Å². The number of hydrogen-bond acceptors (Lipinski definition) is 2. The van der Waals surface area contributed by atoms with Crippen molar-refractivity contribution in [2.45, 2.75) is 19.8 Å². The van der Waals surface area contributed by atoms with E-state index in [0.717, 1.165) is 21.3 Å². The second kappa shape index (κ2) is 6.71. The van der Waals surface area contributed by atoms with Gasteiger partial charge in [0, 0.05) is 22.9 Å². The van der Waals surface area contributed by atoms with Crippen LogP contribution < -0.4 is 4.74 Å².